The highest BCUT2D eigenvalue weighted by Gasteiger charge is 2.10. The highest BCUT2D eigenvalue weighted by molar-refractivity contribution is 6.33. The number of halogens is 1. The number of primary amides is 1. The van der Waals surface area contributed by atoms with E-state index in [2.05, 4.69) is 29.4 Å². The molecule has 5 nitrogen and oxygen atoms in total. The molecule has 0 spiro atoms. The fourth-order valence-corrected chi connectivity index (χ4v) is 2.60. The average molecular weight is 362 g/mol. The lowest BCUT2D eigenvalue weighted by Gasteiger charge is -2.16. The third kappa shape index (κ3) is 5.94. The number of nitrogens with zero attached hydrogens (tertiary/aromatic N) is 1. The minimum absolute atomic E-state index is 0.174. The second-order valence-corrected chi connectivity index (χ2v) is 6.72. The Labute approximate surface area is 153 Å². The van der Waals surface area contributed by atoms with Crippen molar-refractivity contribution in [3.8, 4) is 5.75 Å². The Morgan fingerprint density at radius 2 is 1.96 bits per heavy atom. The van der Waals surface area contributed by atoms with Crippen LogP contribution in [0.5, 0.6) is 5.75 Å². The molecule has 25 heavy (non-hydrogen) atoms. The summed E-state index contributed by atoms with van der Waals surface area (Å²) in [5.41, 5.74) is 6.76. The molecule has 0 aliphatic carbocycles. The number of rotatable bonds is 8. The number of carbonyl (C=O) groups excluding carboxylic acids is 1. The largest absolute Gasteiger partial charge is 0.491 e. The molecule has 0 aliphatic heterocycles. The van der Waals surface area contributed by atoms with E-state index in [0.29, 0.717) is 16.4 Å². The molecule has 0 saturated carbocycles. The highest BCUT2D eigenvalue weighted by atomic mass is 35.5. The topological polar surface area (TPSA) is 77.2 Å². The van der Waals surface area contributed by atoms with Crippen molar-refractivity contribution >= 4 is 23.3 Å². The molecule has 1 amide bonds. The number of nitrogens with one attached hydrogen (secondary N) is 1. The monoisotopic (exact) mass is 361 g/mol. The number of hydrogen-bond donors (Lipinski definition) is 2. The van der Waals surface area contributed by atoms with Gasteiger partial charge in [0, 0.05) is 12.2 Å². The summed E-state index contributed by atoms with van der Waals surface area (Å²) in [5, 5.41) is 3.65. The Morgan fingerprint density at radius 3 is 2.52 bits per heavy atom. The minimum Gasteiger partial charge on any atom is -0.491 e. The number of carbonyl (C=O) groups is 1. The summed E-state index contributed by atoms with van der Waals surface area (Å²) in [5.74, 6) is 0.897. The second-order valence-electron chi connectivity index (χ2n) is 6.31. The predicted molar refractivity (Wildman–Crippen MR) is 101 cm³/mol. The van der Waals surface area contributed by atoms with Crippen molar-refractivity contribution in [1.82, 2.24) is 4.98 Å². The van der Waals surface area contributed by atoms with Crippen LogP contribution < -0.4 is 15.8 Å². The van der Waals surface area contributed by atoms with Gasteiger partial charge in [0.15, 0.2) is 0 Å². The van der Waals surface area contributed by atoms with Crippen molar-refractivity contribution < 1.29 is 9.53 Å². The maximum Gasteiger partial charge on any atom is 0.250 e. The van der Waals surface area contributed by atoms with E-state index in [1.807, 2.05) is 26.0 Å². The van der Waals surface area contributed by atoms with E-state index in [-0.39, 0.29) is 12.1 Å². The van der Waals surface area contributed by atoms with E-state index in [9.17, 15) is 4.79 Å². The molecule has 0 aliphatic rings. The zero-order valence-corrected chi connectivity index (χ0v) is 15.5. The summed E-state index contributed by atoms with van der Waals surface area (Å²) in [6.07, 6.45) is 3.44. The van der Waals surface area contributed by atoms with Crippen LogP contribution in [0.25, 0.3) is 0 Å². The summed E-state index contributed by atoms with van der Waals surface area (Å²) < 4.78 is 5.65. The van der Waals surface area contributed by atoms with Gasteiger partial charge in [0.1, 0.15) is 11.6 Å². The fourth-order valence-electron chi connectivity index (χ4n) is 2.37. The van der Waals surface area contributed by atoms with Crippen molar-refractivity contribution in [3.05, 3.63) is 52.7 Å². The molecule has 3 N–H and O–H groups in total. The van der Waals surface area contributed by atoms with Crippen LogP contribution in [0.15, 0.2) is 36.5 Å². The Morgan fingerprint density at radius 1 is 1.28 bits per heavy atom. The number of aromatic nitrogens is 1. The van der Waals surface area contributed by atoms with E-state index in [0.717, 1.165) is 18.6 Å². The quantitative estimate of drug-likeness (QED) is 0.743. The molecular formula is C19H24ClN3O2. The van der Waals surface area contributed by atoms with Gasteiger partial charge >= 0.3 is 0 Å². The average Bonchev–Trinajstić information content (AvgIpc) is 2.55. The summed E-state index contributed by atoms with van der Waals surface area (Å²) in [4.78, 5) is 15.3. The summed E-state index contributed by atoms with van der Waals surface area (Å²) >= 11 is 6.15. The van der Waals surface area contributed by atoms with Crippen molar-refractivity contribution in [1.29, 1.82) is 0 Å². The smallest absolute Gasteiger partial charge is 0.250 e. The molecule has 2 rings (SSSR count). The number of amides is 1. The minimum atomic E-state index is -0.543. The first kappa shape index (κ1) is 19.1. The van der Waals surface area contributed by atoms with Crippen LogP contribution >= 0.6 is 11.6 Å². The van der Waals surface area contributed by atoms with Crippen LogP contribution in [0.3, 0.4) is 0 Å². The Hall–Kier alpha value is -2.27. The first-order chi connectivity index (χ1) is 11.8. The number of aryl methyl sites for hydroxylation is 1. The Bertz CT molecular complexity index is 717. The number of pyridine rings is 1. The molecule has 1 aromatic heterocycles. The number of nitrogens with two attached hydrogens (primary N) is 1. The van der Waals surface area contributed by atoms with Crippen molar-refractivity contribution in [2.24, 2.45) is 5.73 Å². The van der Waals surface area contributed by atoms with Crippen LogP contribution in [-0.2, 0) is 6.42 Å². The molecule has 0 fully saturated rings. The van der Waals surface area contributed by atoms with Gasteiger partial charge in [-0.2, -0.15) is 0 Å². The predicted octanol–water partition coefficient (Wildman–Crippen LogP) is 4.05. The van der Waals surface area contributed by atoms with Crippen LogP contribution in [0.2, 0.25) is 5.02 Å². The third-order valence-corrected chi connectivity index (χ3v) is 3.96. The van der Waals surface area contributed by atoms with Gasteiger partial charge in [-0.25, -0.2) is 4.98 Å². The van der Waals surface area contributed by atoms with Gasteiger partial charge < -0.3 is 15.8 Å². The Kier molecular flexibility index (Phi) is 6.65. The first-order valence-electron chi connectivity index (χ1n) is 8.32. The molecule has 2 aromatic rings. The molecule has 1 atom stereocenters. The van der Waals surface area contributed by atoms with Crippen LogP contribution in [0.4, 0.5) is 5.82 Å². The number of hydrogen-bond acceptors (Lipinski definition) is 4. The highest BCUT2D eigenvalue weighted by Crippen LogP contribution is 2.22. The van der Waals surface area contributed by atoms with Crippen molar-refractivity contribution in [2.75, 3.05) is 5.32 Å². The number of anilines is 1. The van der Waals surface area contributed by atoms with E-state index in [4.69, 9.17) is 22.1 Å². The van der Waals surface area contributed by atoms with Gasteiger partial charge in [0.25, 0.3) is 0 Å². The normalized spacial score (nSPS) is 12.0. The molecule has 1 aromatic carbocycles. The summed E-state index contributed by atoms with van der Waals surface area (Å²) in [6.45, 7) is 6.09. The molecule has 0 radical (unpaired) electrons. The standard InChI is InChI=1S/C19H24ClN3O2/c1-12(2)25-16-8-6-14(7-9-16)5-4-13(3)23-19-17(20)10-15(11-22-19)18(21)24/h6-13H,4-5H2,1-3H3,(H2,21,24)(H,22,23)/t13-/m0/s1. The third-order valence-electron chi connectivity index (χ3n) is 3.67. The van der Waals surface area contributed by atoms with Gasteiger partial charge in [-0.15, -0.1) is 0 Å². The summed E-state index contributed by atoms with van der Waals surface area (Å²) in [6, 6.07) is 9.85. The fraction of sp³-hybridized carbons (Fsp3) is 0.368. The lowest BCUT2D eigenvalue weighted by Crippen LogP contribution is -2.18. The van der Waals surface area contributed by atoms with Gasteiger partial charge in [-0.3, -0.25) is 4.79 Å². The maximum atomic E-state index is 11.1. The van der Waals surface area contributed by atoms with Gasteiger partial charge in [-0.1, -0.05) is 23.7 Å². The molecule has 0 bridgehead atoms. The molecule has 1 heterocycles. The molecular weight excluding hydrogens is 338 g/mol. The van der Waals surface area contributed by atoms with Gasteiger partial charge in [0.05, 0.1) is 16.7 Å². The summed E-state index contributed by atoms with van der Waals surface area (Å²) in [7, 11) is 0. The molecule has 0 saturated heterocycles. The lowest BCUT2D eigenvalue weighted by molar-refractivity contribution is 0.1000. The van der Waals surface area contributed by atoms with Crippen molar-refractivity contribution in [3.63, 3.8) is 0 Å². The van der Waals surface area contributed by atoms with Gasteiger partial charge in [0.2, 0.25) is 5.91 Å². The second kappa shape index (κ2) is 8.72. The van der Waals surface area contributed by atoms with E-state index in [1.165, 1.54) is 17.8 Å². The molecule has 6 heteroatoms. The van der Waals surface area contributed by atoms with E-state index in [1.54, 1.807) is 0 Å². The van der Waals surface area contributed by atoms with Gasteiger partial charge in [-0.05, 0) is 57.4 Å². The molecule has 134 valence electrons. The zero-order valence-electron chi connectivity index (χ0n) is 14.8. The van der Waals surface area contributed by atoms with Crippen LogP contribution in [-0.4, -0.2) is 23.0 Å². The SMILES string of the molecule is CC(C)Oc1ccc(CC[C@H](C)Nc2ncc(C(N)=O)cc2Cl)cc1. The number of ether oxygens (including phenoxy) is 1. The maximum absolute atomic E-state index is 11.1. The van der Waals surface area contributed by atoms with E-state index >= 15 is 0 Å². The van der Waals surface area contributed by atoms with Crippen molar-refractivity contribution in [2.45, 2.75) is 45.8 Å². The Balaban J connectivity index is 1.88. The first-order valence-corrected chi connectivity index (χ1v) is 8.70. The molecule has 0 unspecified atom stereocenters. The van der Waals surface area contributed by atoms with Crippen LogP contribution in [0, 0.1) is 0 Å². The zero-order chi connectivity index (χ0) is 18.4. The van der Waals surface area contributed by atoms with Crippen LogP contribution in [0.1, 0.15) is 43.1 Å². The van der Waals surface area contributed by atoms with E-state index < -0.39 is 5.91 Å². The number of benzene rings is 1. The lowest BCUT2D eigenvalue weighted by atomic mass is 10.1.